The van der Waals surface area contributed by atoms with Crippen LogP contribution in [0.2, 0.25) is 0 Å². The molecular weight excluding hydrogens is 728 g/mol. The van der Waals surface area contributed by atoms with Crippen molar-refractivity contribution in [3.8, 4) is 11.5 Å². The lowest BCUT2D eigenvalue weighted by atomic mass is 9.56. The van der Waals surface area contributed by atoms with E-state index in [1.165, 1.54) is 42.5 Å². The lowest BCUT2D eigenvalue weighted by Gasteiger charge is -2.50. The van der Waals surface area contributed by atoms with Crippen LogP contribution in [-0.4, -0.2) is 43.4 Å². The molecule has 2 aliphatic heterocycles. The third-order valence-electron chi connectivity index (χ3n) is 10.8. The second-order valence-corrected chi connectivity index (χ2v) is 14.8. The fraction of sp³-hybridized carbons (Fsp3) is 0.231. The fourth-order valence-electron chi connectivity index (χ4n) is 8.34. The van der Waals surface area contributed by atoms with Gasteiger partial charge >= 0.3 is 0 Å². The summed E-state index contributed by atoms with van der Waals surface area (Å²) in [7, 11) is 0. The Morgan fingerprint density at radius 2 is 1.58 bits per heavy atom. The van der Waals surface area contributed by atoms with Gasteiger partial charge < -0.3 is 9.84 Å². The summed E-state index contributed by atoms with van der Waals surface area (Å²) in [5.74, 6) is -7.91. The highest BCUT2D eigenvalue weighted by Gasteiger charge is 2.77. The van der Waals surface area contributed by atoms with E-state index in [1.54, 1.807) is 12.1 Å². The number of imide groups is 2. The van der Waals surface area contributed by atoms with Crippen LogP contribution in [0.1, 0.15) is 29.9 Å². The number of hydrogen-bond donors (Lipinski definition) is 1. The molecule has 4 aromatic rings. The van der Waals surface area contributed by atoms with Crippen molar-refractivity contribution in [2.75, 3.05) is 9.80 Å². The number of carbonyl (C=O) groups is 4. The average molecular weight is 757 g/mol. The van der Waals surface area contributed by atoms with Crippen LogP contribution in [0.4, 0.5) is 21.5 Å². The van der Waals surface area contributed by atoms with Crippen LogP contribution in [0.15, 0.2) is 109 Å². The van der Waals surface area contributed by atoms with Crippen molar-refractivity contribution < 1.29 is 38.3 Å². The van der Waals surface area contributed by atoms with Gasteiger partial charge in [-0.25, -0.2) is 14.2 Å². The van der Waals surface area contributed by atoms with Gasteiger partial charge in [0.05, 0.1) is 28.1 Å². The van der Waals surface area contributed by atoms with Gasteiger partial charge in [-0.1, -0.05) is 54.1 Å². The van der Waals surface area contributed by atoms with Crippen molar-refractivity contribution in [1.29, 1.82) is 0 Å². The molecule has 4 aromatic carbocycles. The number of alkyl halides is 2. The van der Waals surface area contributed by atoms with Crippen molar-refractivity contribution in [3.05, 3.63) is 136 Å². The Balaban J connectivity index is 1.24. The number of nitro benzene ring substituents is 1. The SMILES string of the molecule is O=C1C2CC=C3C(CC4(Cl)C(=O)N(c5ccc(F)cc5)C(=O)C4(Cl)C3c3ccc(OCc4ccccc4)cc3O)C2C(=O)N1c1cccc([N+](=O)[O-])c1. The molecule has 6 atom stereocenters. The van der Waals surface area contributed by atoms with E-state index in [1.807, 2.05) is 30.3 Å². The molecule has 14 heteroatoms. The minimum Gasteiger partial charge on any atom is -0.508 e. The maximum atomic E-state index is 14.6. The summed E-state index contributed by atoms with van der Waals surface area (Å²) in [4.78, 5) is 65.4. The smallest absolute Gasteiger partial charge is 0.271 e. The van der Waals surface area contributed by atoms with E-state index < -0.39 is 67.8 Å². The molecule has 3 fully saturated rings. The first-order valence-corrected chi connectivity index (χ1v) is 17.4. The van der Waals surface area contributed by atoms with Crippen molar-refractivity contribution in [2.24, 2.45) is 17.8 Å². The van der Waals surface area contributed by atoms with Gasteiger partial charge in [-0.15, -0.1) is 23.2 Å². The van der Waals surface area contributed by atoms with Gasteiger partial charge in [0, 0.05) is 29.7 Å². The van der Waals surface area contributed by atoms with Gasteiger partial charge in [0.15, 0.2) is 9.75 Å². The predicted octanol–water partition coefficient (Wildman–Crippen LogP) is 6.79. The first kappa shape index (κ1) is 34.5. The highest BCUT2D eigenvalue weighted by atomic mass is 35.5. The molecule has 53 heavy (non-hydrogen) atoms. The van der Waals surface area contributed by atoms with E-state index in [9.17, 15) is 38.8 Å². The number of ether oxygens (including phenoxy) is 1. The summed E-state index contributed by atoms with van der Waals surface area (Å²) in [5, 5.41) is 23.1. The van der Waals surface area contributed by atoms with Gasteiger partial charge in [-0.3, -0.25) is 29.3 Å². The van der Waals surface area contributed by atoms with Crippen molar-refractivity contribution >= 4 is 63.9 Å². The molecule has 8 rings (SSSR count). The van der Waals surface area contributed by atoms with E-state index in [2.05, 4.69) is 0 Å². The normalized spacial score (nSPS) is 27.6. The molecule has 0 bridgehead atoms. The summed E-state index contributed by atoms with van der Waals surface area (Å²) in [5.41, 5.74) is 1.15. The molecule has 4 aliphatic rings. The number of hydrogen-bond acceptors (Lipinski definition) is 8. The number of allylic oxidation sites excluding steroid dienone is 2. The highest BCUT2D eigenvalue weighted by molar-refractivity contribution is 6.58. The second-order valence-electron chi connectivity index (χ2n) is 13.5. The summed E-state index contributed by atoms with van der Waals surface area (Å²) in [6.45, 7) is 0.195. The third kappa shape index (κ3) is 5.14. The van der Waals surface area contributed by atoms with E-state index in [-0.39, 0.29) is 47.8 Å². The number of amides is 4. The fourth-order valence-corrected chi connectivity index (χ4v) is 9.27. The number of phenols is 1. The maximum Gasteiger partial charge on any atom is 0.271 e. The van der Waals surface area contributed by atoms with Gasteiger partial charge in [0.1, 0.15) is 23.9 Å². The molecule has 1 saturated carbocycles. The van der Waals surface area contributed by atoms with Crippen molar-refractivity contribution in [2.45, 2.75) is 35.1 Å². The number of benzene rings is 4. The first-order chi connectivity index (χ1) is 25.3. The standard InChI is InChI=1S/C39H28Cl2FN3O8/c40-38-19-30-27(15-16-29-32(30)35(48)43(34(29)47)24-7-4-8-25(17-24)45(51)52)33(28-14-13-26(18-31(28)46)53-20-21-5-2-1-3-6-21)39(38,41)37(50)44(36(38)49)23-11-9-22(42)10-12-23/h1-15,17-18,29-30,32-33,46H,16,19-20H2. The van der Waals surface area contributed by atoms with E-state index in [4.69, 9.17) is 27.9 Å². The number of anilines is 2. The molecule has 2 aliphatic carbocycles. The lowest BCUT2D eigenvalue weighted by Crippen LogP contribution is -2.60. The Morgan fingerprint density at radius 3 is 2.28 bits per heavy atom. The Hall–Kier alpha value is -5.59. The number of carbonyl (C=O) groups excluding carboxylic acids is 4. The van der Waals surface area contributed by atoms with Crippen LogP contribution in [-0.2, 0) is 25.8 Å². The quantitative estimate of drug-likeness (QED) is 0.0714. The molecule has 2 heterocycles. The molecule has 0 aromatic heterocycles. The zero-order valence-corrected chi connectivity index (χ0v) is 29.0. The largest absolute Gasteiger partial charge is 0.508 e. The van der Waals surface area contributed by atoms with Gasteiger partial charge in [0.25, 0.3) is 17.5 Å². The van der Waals surface area contributed by atoms with Crippen LogP contribution < -0.4 is 14.5 Å². The Kier molecular flexibility index (Phi) is 8.15. The Bertz CT molecular complexity index is 2270. The van der Waals surface area contributed by atoms with Gasteiger partial charge in [-0.2, -0.15) is 0 Å². The summed E-state index contributed by atoms with van der Waals surface area (Å²) in [6.07, 6.45) is 1.40. The number of nitro groups is 1. The summed E-state index contributed by atoms with van der Waals surface area (Å²) < 4.78 is 19.9. The Labute approximate surface area is 311 Å². The zero-order chi connectivity index (χ0) is 37.4. The Morgan fingerprint density at radius 1 is 0.849 bits per heavy atom. The molecule has 11 nitrogen and oxygen atoms in total. The maximum absolute atomic E-state index is 14.6. The molecule has 2 saturated heterocycles. The van der Waals surface area contributed by atoms with E-state index >= 15 is 0 Å². The monoisotopic (exact) mass is 755 g/mol. The predicted molar refractivity (Wildman–Crippen MR) is 191 cm³/mol. The topological polar surface area (TPSA) is 147 Å². The first-order valence-electron chi connectivity index (χ1n) is 16.7. The third-order valence-corrected chi connectivity index (χ3v) is 12.2. The number of aromatic hydroxyl groups is 1. The number of rotatable bonds is 7. The van der Waals surface area contributed by atoms with Crippen molar-refractivity contribution in [1.82, 2.24) is 0 Å². The van der Waals surface area contributed by atoms with Crippen LogP contribution >= 0.6 is 23.2 Å². The highest BCUT2D eigenvalue weighted by Crippen LogP contribution is 2.66. The minimum atomic E-state index is -2.26. The van der Waals surface area contributed by atoms with Crippen LogP contribution in [0.25, 0.3) is 0 Å². The van der Waals surface area contributed by atoms with Crippen LogP contribution in [0, 0.1) is 33.7 Å². The summed E-state index contributed by atoms with van der Waals surface area (Å²) in [6, 6.07) is 23.6. The van der Waals surface area contributed by atoms with Gasteiger partial charge in [0.2, 0.25) is 11.8 Å². The lowest BCUT2D eigenvalue weighted by molar-refractivity contribution is -0.384. The van der Waals surface area contributed by atoms with E-state index in [0.29, 0.717) is 11.3 Å². The molecule has 0 spiro atoms. The molecule has 268 valence electrons. The number of phenolic OH excluding ortho intramolecular Hbond substituents is 1. The molecule has 6 unspecified atom stereocenters. The average Bonchev–Trinajstić information content (AvgIpc) is 3.49. The van der Waals surface area contributed by atoms with E-state index in [0.717, 1.165) is 33.6 Å². The summed E-state index contributed by atoms with van der Waals surface area (Å²) >= 11 is 14.8. The molecule has 4 amide bonds. The van der Waals surface area contributed by atoms with Crippen LogP contribution in [0.3, 0.4) is 0 Å². The number of non-ortho nitro benzene ring substituents is 1. The second kappa shape index (κ2) is 12.5. The zero-order valence-electron chi connectivity index (χ0n) is 27.5. The number of halogens is 3. The number of nitrogens with zero attached hydrogens (tertiary/aromatic N) is 3. The molecular formula is C39H28Cl2FN3O8. The van der Waals surface area contributed by atoms with Crippen LogP contribution in [0.5, 0.6) is 11.5 Å². The minimum absolute atomic E-state index is 0.0160. The van der Waals surface area contributed by atoms with Crippen molar-refractivity contribution in [3.63, 3.8) is 0 Å². The molecule has 0 radical (unpaired) electrons. The van der Waals surface area contributed by atoms with Gasteiger partial charge in [-0.05, 0) is 60.7 Å². The molecule has 1 N–H and O–H groups in total. The number of fused-ring (bicyclic) bond motifs is 4.